The average Bonchev–Trinajstić information content (AvgIpc) is 2.47. The lowest BCUT2D eigenvalue weighted by atomic mass is 10.3. The van der Waals surface area contributed by atoms with Crippen LogP contribution in [-0.2, 0) is 0 Å². The minimum absolute atomic E-state index is 0.442. The maximum absolute atomic E-state index is 11.1. The van der Waals surface area contributed by atoms with Crippen molar-refractivity contribution in [1.29, 1.82) is 0 Å². The Bertz CT molecular complexity index is 549. The summed E-state index contributed by atoms with van der Waals surface area (Å²) in [4.78, 5) is 23.8. The van der Waals surface area contributed by atoms with E-state index in [1.54, 1.807) is 24.3 Å². The van der Waals surface area contributed by atoms with E-state index in [-0.39, 0.29) is 0 Å². The van der Waals surface area contributed by atoms with Crippen LogP contribution in [0.15, 0.2) is 38.4 Å². The van der Waals surface area contributed by atoms with Gasteiger partial charge >= 0.3 is 11.4 Å². The number of H-pyrrole nitrogens is 1. The fourth-order valence-electron chi connectivity index (χ4n) is 1.03. The summed E-state index contributed by atoms with van der Waals surface area (Å²) in [6, 6.07) is 6.33. The minimum atomic E-state index is -0.787. The van der Waals surface area contributed by atoms with Gasteiger partial charge in [-0.2, -0.15) is 0 Å². The number of rotatable bonds is 1. The first kappa shape index (κ1) is 8.83. The van der Waals surface area contributed by atoms with E-state index in [2.05, 4.69) is 4.52 Å². The molecule has 14 heavy (non-hydrogen) atoms. The molecule has 0 unspecified atom stereocenters. The van der Waals surface area contributed by atoms with Gasteiger partial charge in [0.15, 0.2) is 0 Å². The highest BCUT2D eigenvalue weighted by atomic mass is 35.5. The number of nitrogens with one attached hydrogen (secondary N) is 1. The highest BCUT2D eigenvalue weighted by Gasteiger charge is 2.04. The maximum Gasteiger partial charge on any atom is 0.440 e. The Hall–Kier alpha value is -1.75. The molecule has 5 nitrogen and oxygen atoms in total. The zero-order chi connectivity index (χ0) is 10.1. The van der Waals surface area contributed by atoms with E-state index in [4.69, 9.17) is 11.6 Å². The number of aromatic amines is 1. The van der Waals surface area contributed by atoms with Crippen molar-refractivity contribution in [2.24, 2.45) is 0 Å². The van der Waals surface area contributed by atoms with Crippen LogP contribution in [0.5, 0.6) is 0 Å². The zero-order valence-corrected chi connectivity index (χ0v) is 7.62. The highest BCUT2D eigenvalue weighted by Crippen LogP contribution is 2.10. The Morgan fingerprint density at radius 1 is 1.21 bits per heavy atom. The van der Waals surface area contributed by atoms with Gasteiger partial charge in [-0.1, -0.05) is 11.6 Å². The molecule has 0 aliphatic carbocycles. The molecule has 0 aliphatic rings. The molecule has 1 heterocycles. The molecule has 0 saturated heterocycles. The van der Waals surface area contributed by atoms with Crippen LogP contribution in [0, 0.1) is 0 Å². The van der Waals surface area contributed by atoms with Gasteiger partial charge in [-0.3, -0.25) is 0 Å². The Morgan fingerprint density at radius 3 is 2.36 bits per heavy atom. The Balaban J connectivity index is 2.60. The van der Waals surface area contributed by atoms with Crippen LogP contribution in [0.2, 0.25) is 5.02 Å². The second kappa shape index (κ2) is 3.19. The molecule has 1 N–H and O–H groups in total. The zero-order valence-electron chi connectivity index (χ0n) is 6.86. The van der Waals surface area contributed by atoms with Gasteiger partial charge < -0.3 is 4.52 Å². The summed E-state index contributed by atoms with van der Waals surface area (Å²) >= 11 is 5.66. The molecule has 0 fully saturated rings. The number of hydrogen-bond donors (Lipinski definition) is 1. The van der Waals surface area contributed by atoms with E-state index >= 15 is 0 Å². The van der Waals surface area contributed by atoms with Gasteiger partial charge in [0.25, 0.3) is 0 Å². The molecule has 0 aliphatic heterocycles. The summed E-state index contributed by atoms with van der Waals surface area (Å²) in [5.41, 5.74) is -0.171. The molecule has 0 atom stereocenters. The summed E-state index contributed by atoms with van der Waals surface area (Å²) in [6.07, 6.45) is 0. The first-order chi connectivity index (χ1) is 6.66. The van der Waals surface area contributed by atoms with Crippen LogP contribution in [0.3, 0.4) is 0 Å². The summed E-state index contributed by atoms with van der Waals surface area (Å²) < 4.78 is 5.45. The van der Waals surface area contributed by atoms with Crippen LogP contribution in [0.25, 0.3) is 5.69 Å². The van der Waals surface area contributed by atoms with E-state index in [0.717, 1.165) is 4.74 Å². The van der Waals surface area contributed by atoms with Crippen molar-refractivity contribution in [2.45, 2.75) is 0 Å². The number of aromatic nitrogens is 2. The quantitative estimate of drug-likeness (QED) is 0.759. The van der Waals surface area contributed by atoms with Crippen molar-refractivity contribution in [1.82, 2.24) is 9.72 Å². The van der Waals surface area contributed by atoms with Crippen LogP contribution < -0.4 is 11.4 Å². The van der Waals surface area contributed by atoms with Crippen molar-refractivity contribution in [3.63, 3.8) is 0 Å². The lowest BCUT2D eigenvalue weighted by Gasteiger charge is -1.96. The smallest absolute Gasteiger partial charge is 0.312 e. The number of hydrogen-bond acceptors (Lipinski definition) is 3. The third-order valence-corrected chi connectivity index (χ3v) is 1.88. The standard InChI is InChI=1S/C8H5ClN2O3/c9-5-1-3-6(4-2-5)11-7(12)10-8(13)14-11/h1-4H,(H,10,12,13). The summed E-state index contributed by atoms with van der Waals surface area (Å²) in [5, 5.41) is 0.541. The largest absolute Gasteiger partial charge is 0.440 e. The van der Waals surface area contributed by atoms with Crippen LogP contribution in [-0.4, -0.2) is 9.72 Å². The van der Waals surface area contributed by atoms with Gasteiger partial charge in [0, 0.05) is 5.02 Å². The second-order valence-corrected chi connectivity index (χ2v) is 3.02. The lowest BCUT2D eigenvalue weighted by Crippen LogP contribution is -2.14. The van der Waals surface area contributed by atoms with E-state index in [1.165, 1.54) is 0 Å². The van der Waals surface area contributed by atoms with Gasteiger partial charge in [-0.25, -0.2) is 14.6 Å². The van der Waals surface area contributed by atoms with Crippen molar-refractivity contribution in [3.8, 4) is 5.69 Å². The van der Waals surface area contributed by atoms with Crippen molar-refractivity contribution in [3.05, 3.63) is 50.3 Å². The number of benzene rings is 1. The van der Waals surface area contributed by atoms with Crippen molar-refractivity contribution >= 4 is 11.6 Å². The molecule has 6 heteroatoms. The van der Waals surface area contributed by atoms with Crippen molar-refractivity contribution < 1.29 is 4.52 Å². The van der Waals surface area contributed by atoms with Crippen molar-refractivity contribution in [2.75, 3.05) is 0 Å². The Labute approximate surface area is 82.5 Å². The lowest BCUT2D eigenvalue weighted by molar-refractivity contribution is 0.315. The number of nitrogens with zero attached hydrogens (tertiary/aromatic N) is 1. The van der Waals surface area contributed by atoms with Gasteiger partial charge in [-0.15, -0.1) is 4.74 Å². The first-order valence-electron chi connectivity index (χ1n) is 3.75. The van der Waals surface area contributed by atoms with E-state index in [9.17, 15) is 9.59 Å². The molecular formula is C8H5ClN2O3. The van der Waals surface area contributed by atoms with E-state index < -0.39 is 11.4 Å². The summed E-state index contributed by atoms with van der Waals surface area (Å²) in [7, 11) is 0. The third kappa shape index (κ3) is 1.49. The van der Waals surface area contributed by atoms with Gasteiger partial charge in [0.05, 0.1) is 5.69 Å². The van der Waals surface area contributed by atoms with Crippen LogP contribution in [0.1, 0.15) is 0 Å². The monoisotopic (exact) mass is 212 g/mol. The third-order valence-electron chi connectivity index (χ3n) is 1.63. The van der Waals surface area contributed by atoms with Crippen LogP contribution in [0.4, 0.5) is 0 Å². The first-order valence-corrected chi connectivity index (χ1v) is 4.13. The molecule has 0 spiro atoms. The maximum atomic E-state index is 11.1. The molecule has 2 rings (SSSR count). The normalized spacial score (nSPS) is 10.4. The van der Waals surface area contributed by atoms with E-state index in [1.807, 2.05) is 4.98 Å². The molecule has 1 aromatic heterocycles. The average molecular weight is 213 g/mol. The van der Waals surface area contributed by atoms with Gasteiger partial charge in [-0.05, 0) is 24.3 Å². The fraction of sp³-hybridized carbons (Fsp3) is 0. The molecular weight excluding hydrogens is 208 g/mol. The molecule has 0 radical (unpaired) electrons. The number of halogens is 1. The highest BCUT2D eigenvalue weighted by molar-refractivity contribution is 6.30. The molecule has 72 valence electrons. The molecule has 0 saturated carbocycles. The molecule has 0 amide bonds. The molecule has 0 bridgehead atoms. The predicted molar refractivity (Wildman–Crippen MR) is 49.9 cm³/mol. The SMILES string of the molecule is O=c1[nH]c(=O)n(-c2ccc(Cl)cc2)o1. The van der Waals surface area contributed by atoms with Gasteiger partial charge in [0.2, 0.25) is 0 Å². The summed E-state index contributed by atoms with van der Waals surface area (Å²) in [5.74, 6) is -0.787. The Kier molecular flexibility index (Phi) is 2.01. The summed E-state index contributed by atoms with van der Waals surface area (Å²) in [6.45, 7) is 0. The molecule has 2 aromatic rings. The Morgan fingerprint density at radius 2 is 1.86 bits per heavy atom. The molecule has 1 aromatic carbocycles. The van der Waals surface area contributed by atoms with E-state index in [0.29, 0.717) is 10.7 Å². The van der Waals surface area contributed by atoms with Crippen LogP contribution >= 0.6 is 11.6 Å². The predicted octanol–water partition coefficient (Wildman–Crippen LogP) is 0.772. The topological polar surface area (TPSA) is 68.0 Å². The second-order valence-electron chi connectivity index (χ2n) is 2.58. The fourth-order valence-corrected chi connectivity index (χ4v) is 1.16. The van der Waals surface area contributed by atoms with Gasteiger partial charge in [0.1, 0.15) is 0 Å². The minimum Gasteiger partial charge on any atom is -0.312 e.